The van der Waals surface area contributed by atoms with Crippen molar-refractivity contribution in [3.63, 3.8) is 0 Å². The standard InChI is InChI=1S/C8H10N4O2/c9-7(8(13)14)5-12(10)6-2-1-3-11-4-6/h1-5H,9-10H2,(H,13,14)/b7-5-. The first kappa shape index (κ1) is 10.0. The largest absolute Gasteiger partial charge is 0.477 e. The van der Waals surface area contributed by atoms with Crippen LogP contribution >= 0.6 is 0 Å². The van der Waals surface area contributed by atoms with E-state index in [1.165, 1.54) is 6.20 Å². The third kappa shape index (κ3) is 2.46. The van der Waals surface area contributed by atoms with Crippen molar-refractivity contribution >= 4 is 11.7 Å². The predicted octanol–water partition coefficient (Wildman–Crippen LogP) is -0.354. The Balaban J connectivity index is 2.82. The number of nitrogens with two attached hydrogens (primary N) is 2. The Bertz CT molecular complexity index is 350. The van der Waals surface area contributed by atoms with Crippen LogP contribution in [0.5, 0.6) is 0 Å². The van der Waals surface area contributed by atoms with Crippen LogP contribution in [0.1, 0.15) is 0 Å². The zero-order valence-corrected chi connectivity index (χ0v) is 7.29. The highest BCUT2D eigenvalue weighted by Crippen LogP contribution is 2.07. The van der Waals surface area contributed by atoms with Gasteiger partial charge in [-0.1, -0.05) is 0 Å². The minimum Gasteiger partial charge on any atom is -0.477 e. The summed E-state index contributed by atoms with van der Waals surface area (Å²) in [6.45, 7) is 0. The van der Waals surface area contributed by atoms with E-state index in [0.717, 1.165) is 11.2 Å². The molecule has 5 N–H and O–H groups in total. The SMILES string of the molecule is N/C(=C\N(N)c1cccnc1)C(=O)O. The highest BCUT2D eigenvalue weighted by molar-refractivity contribution is 5.85. The van der Waals surface area contributed by atoms with Gasteiger partial charge >= 0.3 is 5.97 Å². The fourth-order valence-electron chi connectivity index (χ4n) is 0.786. The Morgan fingerprint density at radius 1 is 1.64 bits per heavy atom. The van der Waals surface area contributed by atoms with Gasteiger partial charge in [-0.25, -0.2) is 10.6 Å². The quantitative estimate of drug-likeness (QED) is 0.345. The summed E-state index contributed by atoms with van der Waals surface area (Å²) in [5.41, 5.74) is 5.39. The average molecular weight is 194 g/mol. The summed E-state index contributed by atoms with van der Waals surface area (Å²) in [5, 5.41) is 9.58. The van der Waals surface area contributed by atoms with Crippen molar-refractivity contribution in [2.24, 2.45) is 11.6 Å². The van der Waals surface area contributed by atoms with Gasteiger partial charge in [0.15, 0.2) is 0 Å². The molecule has 0 atom stereocenters. The Morgan fingerprint density at radius 3 is 2.86 bits per heavy atom. The molecule has 1 aromatic heterocycles. The molecule has 0 unspecified atom stereocenters. The molecule has 0 fully saturated rings. The number of hydrogen-bond donors (Lipinski definition) is 3. The van der Waals surface area contributed by atoms with E-state index < -0.39 is 5.97 Å². The van der Waals surface area contributed by atoms with Gasteiger partial charge in [0.05, 0.1) is 18.1 Å². The topological polar surface area (TPSA) is 105 Å². The van der Waals surface area contributed by atoms with Gasteiger partial charge in [0, 0.05) is 6.20 Å². The molecule has 0 aliphatic heterocycles. The minimum absolute atomic E-state index is 0.337. The molecular weight excluding hydrogens is 184 g/mol. The molecule has 1 rings (SSSR count). The summed E-state index contributed by atoms with van der Waals surface area (Å²) >= 11 is 0. The van der Waals surface area contributed by atoms with Crippen LogP contribution in [-0.2, 0) is 4.79 Å². The fraction of sp³-hybridized carbons (Fsp3) is 0. The third-order valence-electron chi connectivity index (χ3n) is 1.47. The number of carboxylic acids is 1. The van der Waals surface area contributed by atoms with Gasteiger partial charge in [-0.05, 0) is 12.1 Å². The van der Waals surface area contributed by atoms with Crippen LogP contribution < -0.4 is 16.6 Å². The van der Waals surface area contributed by atoms with Gasteiger partial charge in [0.25, 0.3) is 0 Å². The first-order chi connectivity index (χ1) is 6.61. The van der Waals surface area contributed by atoms with Gasteiger partial charge < -0.3 is 10.8 Å². The first-order valence-corrected chi connectivity index (χ1v) is 3.76. The first-order valence-electron chi connectivity index (χ1n) is 3.76. The van der Waals surface area contributed by atoms with E-state index in [0.29, 0.717) is 5.69 Å². The molecule has 1 heterocycles. The van der Waals surface area contributed by atoms with Gasteiger partial charge in [-0.15, -0.1) is 0 Å². The lowest BCUT2D eigenvalue weighted by Gasteiger charge is -2.12. The molecule has 0 saturated heterocycles. The van der Waals surface area contributed by atoms with E-state index in [1.807, 2.05) is 0 Å². The van der Waals surface area contributed by atoms with Crippen LogP contribution in [-0.4, -0.2) is 16.1 Å². The number of rotatable bonds is 3. The maximum absolute atomic E-state index is 10.4. The number of carboxylic acid groups (broad SMARTS) is 1. The summed E-state index contributed by atoms with van der Waals surface area (Å²) < 4.78 is 0. The van der Waals surface area contributed by atoms with E-state index in [4.69, 9.17) is 16.7 Å². The number of pyridine rings is 1. The smallest absolute Gasteiger partial charge is 0.353 e. The summed E-state index contributed by atoms with van der Waals surface area (Å²) in [6.07, 6.45) is 4.19. The zero-order valence-electron chi connectivity index (χ0n) is 7.29. The monoisotopic (exact) mass is 194 g/mol. The van der Waals surface area contributed by atoms with Crippen molar-refractivity contribution in [2.45, 2.75) is 0 Å². The van der Waals surface area contributed by atoms with Crippen LogP contribution in [0.25, 0.3) is 0 Å². The molecule has 14 heavy (non-hydrogen) atoms. The van der Waals surface area contributed by atoms with Gasteiger partial charge in [0.2, 0.25) is 0 Å². The molecule has 0 saturated carbocycles. The second kappa shape index (κ2) is 4.24. The van der Waals surface area contributed by atoms with E-state index in [9.17, 15) is 4.79 Å². The van der Waals surface area contributed by atoms with Crippen molar-refractivity contribution in [2.75, 3.05) is 5.01 Å². The normalized spacial score (nSPS) is 11.1. The molecule has 0 aliphatic carbocycles. The average Bonchev–Trinajstić information content (AvgIpc) is 2.19. The lowest BCUT2D eigenvalue weighted by Crippen LogP contribution is -2.27. The Labute approximate surface area is 80.4 Å². The Kier molecular flexibility index (Phi) is 3.03. The fourth-order valence-corrected chi connectivity index (χ4v) is 0.786. The maximum Gasteiger partial charge on any atom is 0.353 e. The van der Waals surface area contributed by atoms with E-state index in [2.05, 4.69) is 4.98 Å². The highest BCUT2D eigenvalue weighted by Gasteiger charge is 2.04. The minimum atomic E-state index is -1.22. The Hall–Kier alpha value is -2.08. The molecule has 74 valence electrons. The van der Waals surface area contributed by atoms with Crippen LogP contribution in [0, 0.1) is 0 Å². The number of hydrogen-bond acceptors (Lipinski definition) is 5. The van der Waals surface area contributed by atoms with Crippen molar-refractivity contribution < 1.29 is 9.90 Å². The highest BCUT2D eigenvalue weighted by atomic mass is 16.4. The number of anilines is 1. The molecule has 0 bridgehead atoms. The molecule has 6 nitrogen and oxygen atoms in total. The Morgan fingerprint density at radius 2 is 2.36 bits per heavy atom. The van der Waals surface area contributed by atoms with Crippen molar-refractivity contribution in [3.05, 3.63) is 36.4 Å². The van der Waals surface area contributed by atoms with Crippen LogP contribution in [0.2, 0.25) is 0 Å². The number of aromatic nitrogens is 1. The molecule has 0 spiro atoms. The lowest BCUT2D eigenvalue weighted by atomic mass is 10.4. The molecular formula is C8H10N4O2. The van der Waals surface area contributed by atoms with Crippen LogP contribution in [0.4, 0.5) is 5.69 Å². The van der Waals surface area contributed by atoms with Gasteiger partial charge in [0.1, 0.15) is 5.70 Å². The van der Waals surface area contributed by atoms with Gasteiger partial charge in [-0.3, -0.25) is 9.99 Å². The van der Waals surface area contributed by atoms with Crippen molar-refractivity contribution in [1.29, 1.82) is 0 Å². The summed E-state index contributed by atoms with van der Waals surface area (Å²) in [4.78, 5) is 14.2. The third-order valence-corrected chi connectivity index (χ3v) is 1.47. The van der Waals surface area contributed by atoms with Crippen LogP contribution in [0.3, 0.4) is 0 Å². The molecule has 0 aliphatic rings. The zero-order chi connectivity index (χ0) is 10.6. The molecule has 0 radical (unpaired) electrons. The van der Waals surface area contributed by atoms with Crippen molar-refractivity contribution in [1.82, 2.24) is 4.98 Å². The lowest BCUT2D eigenvalue weighted by molar-refractivity contribution is -0.132. The second-order valence-electron chi connectivity index (χ2n) is 2.51. The maximum atomic E-state index is 10.4. The molecule has 0 amide bonds. The van der Waals surface area contributed by atoms with Crippen LogP contribution in [0.15, 0.2) is 36.4 Å². The van der Waals surface area contributed by atoms with Gasteiger partial charge in [-0.2, -0.15) is 0 Å². The summed E-state index contributed by atoms with van der Waals surface area (Å²) in [6, 6.07) is 3.36. The molecule has 0 aromatic carbocycles. The summed E-state index contributed by atoms with van der Waals surface area (Å²) in [7, 11) is 0. The predicted molar refractivity (Wildman–Crippen MR) is 50.8 cm³/mol. The molecule has 1 aromatic rings. The number of hydrazine groups is 1. The second-order valence-corrected chi connectivity index (χ2v) is 2.51. The number of carbonyl (C=O) groups is 1. The van der Waals surface area contributed by atoms with E-state index >= 15 is 0 Å². The number of aliphatic carboxylic acids is 1. The number of nitrogens with zero attached hydrogens (tertiary/aromatic N) is 2. The summed E-state index contributed by atoms with van der Waals surface area (Å²) in [5.74, 6) is 4.29. The van der Waals surface area contributed by atoms with Crippen molar-refractivity contribution in [3.8, 4) is 0 Å². The van der Waals surface area contributed by atoms with E-state index in [1.54, 1.807) is 18.3 Å². The molecule has 6 heteroatoms. The van der Waals surface area contributed by atoms with E-state index in [-0.39, 0.29) is 5.70 Å².